The number of carbonyl (C=O) groups is 1. The predicted octanol–water partition coefficient (Wildman–Crippen LogP) is 2.53. The molecular weight excluding hydrogens is 186 g/mol. The minimum absolute atomic E-state index is 0.137. The van der Waals surface area contributed by atoms with E-state index in [-0.39, 0.29) is 11.9 Å². The van der Waals surface area contributed by atoms with E-state index in [1.807, 2.05) is 25.1 Å². The number of hydrogen-bond donors (Lipinski definition) is 1. The molecule has 1 amide bonds. The highest BCUT2D eigenvalue weighted by Gasteiger charge is 2.09. The third-order valence-electron chi connectivity index (χ3n) is 2.50. The third kappa shape index (κ3) is 4.15. The van der Waals surface area contributed by atoms with E-state index < -0.39 is 0 Å². The fourth-order valence-electron chi connectivity index (χ4n) is 1.53. The maximum Gasteiger partial charge on any atom is 0.219 e. The van der Waals surface area contributed by atoms with Crippen molar-refractivity contribution in [2.45, 2.75) is 39.2 Å². The fraction of sp³-hybridized carbons (Fsp3) is 0.462. The zero-order chi connectivity index (χ0) is 11.1. The fourth-order valence-corrected chi connectivity index (χ4v) is 1.53. The summed E-state index contributed by atoms with van der Waals surface area (Å²) in [5.41, 5.74) is 1.28. The number of nitrogens with one attached hydrogen (secondary N) is 1. The second-order valence-electron chi connectivity index (χ2n) is 3.72. The van der Waals surface area contributed by atoms with Gasteiger partial charge >= 0.3 is 0 Å². The van der Waals surface area contributed by atoms with E-state index in [4.69, 9.17) is 0 Å². The first-order valence-corrected chi connectivity index (χ1v) is 5.59. The van der Waals surface area contributed by atoms with Gasteiger partial charge in [-0.3, -0.25) is 4.79 Å². The molecule has 1 rings (SSSR count). The lowest BCUT2D eigenvalue weighted by Crippen LogP contribution is -2.35. The zero-order valence-corrected chi connectivity index (χ0v) is 9.49. The van der Waals surface area contributed by atoms with Crippen molar-refractivity contribution < 1.29 is 4.79 Å². The largest absolute Gasteiger partial charge is 0.353 e. The summed E-state index contributed by atoms with van der Waals surface area (Å²) in [5, 5.41) is 3.03. The molecule has 0 spiro atoms. The lowest BCUT2D eigenvalue weighted by atomic mass is 10.0. The molecule has 0 bridgehead atoms. The summed E-state index contributed by atoms with van der Waals surface area (Å²) < 4.78 is 0. The minimum atomic E-state index is 0.137. The summed E-state index contributed by atoms with van der Waals surface area (Å²) in [6, 6.07) is 10.5. The first-order valence-electron chi connectivity index (χ1n) is 5.59. The van der Waals surface area contributed by atoms with Gasteiger partial charge in [-0.2, -0.15) is 0 Å². The molecule has 1 aromatic rings. The van der Waals surface area contributed by atoms with Gasteiger partial charge in [0.15, 0.2) is 0 Å². The third-order valence-corrected chi connectivity index (χ3v) is 2.50. The monoisotopic (exact) mass is 205 g/mol. The second-order valence-corrected chi connectivity index (χ2v) is 3.72. The molecular formula is C13H19NO. The first kappa shape index (κ1) is 11.8. The van der Waals surface area contributed by atoms with Crippen LogP contribution < -0.4 is 5.32 Å². The van der Waals surface area contributed by atoms with Crippen molar-refractivity contribution in [1.29, 1.82) is 0 Å². The molecule has 1 atom stereocenters. The quantitative estimate of drug-likeness (QED) is 0.786. The molecule has 0 saturated carbocycles. The van der Waals surface area contributed by atoms with Gasteiger partial charge in [-0.1, -0.05) is 44.2 Å². The van der Waals surface area contributed by atoms with Crippen molar-refractivity contribution in [2.75, 3.05) is 0 Å². The molecule has 0 saturated heterocycles. The maximum atomic E-state index is 11.3. The molecule has 1 N–H and O–H groups in total. The Hall–Kier alpha value is -1.31. The van der Waals surface area contributed by atoms with Crippen LogP contribution in [0, 0.1) is 0 Å². The maximum absolute atomic E-state index is 11.3. The number of amides is 1. The van der Waals surface area contributed by atoms with Gasteiger partial charge in [-0.25, -0.2) is 0 Å². The minimum Gasteiger partial charge on any atom is -0.353 e. The van der Waals surface area contributed by atoms with Crippen LogP contribution in [-0.4, -0.2) is 11.9 Å². The lowest BCUT2D eigenvalue weighted by molar-refractivity contribution is -0.121. The average Bonchev–Trinajstić information content (AvgIpc) is 2.29. The second kappa shape index (κ2) is 6.23. The normalized spacial score (nSPS) is 12.1. The van der Waals surface area contributed by atoms with Crippen molar-refractivity contribution in [1.82, 2.24) is 5.32 Å². The Bertz CT molecular complexity index is 295. The Kier molecular flexibility index (Phi) is 4.88. The molecule has 0 aliphatic carbocycles. The SMILES string of the molecule is CCC(=O)NC(CC)Cc1ccccc1. The summed E-state index contributed by atoms with van der Waals surface area (Å²) in [6.45, 7) is 3.98. The topological polar surface area (TPSA) is 29.1 Å². The zero-order valence-electron chi connectivity index (χ0n) is 9.49. The number of carbonyl (C=O) groups excluding carboxylic acids is 1. The van der Waals surface area contributed by atoms with E-state index in [1.165, 1.54) is 5.56 Å². The molecule has 1 unspecified atom stereocenters. The van der Waals surface area contributed by atoms with Crippen molar-refractivity contribution in [3.63, 3.8) is 0 Å². The Morgan fingerprint density at radius 2 is 1.93 bits per heavy atom. The number of rotatable bonds is 5. The summed E-state index contributed by atoms with van der Waals surface area (Å²) in [5.74, 6) is 0.137. The van der Waals surface area contributed by atoms with Crippen LogP contribution in [0.15, 0.2) is 30.3 Å². The first-order chi connectivity index (χ1) is 7.26. The van der Waals surface area contributed by atoms with Crippen LogP contribution in [0.1, 0.15) is 32.3 Å². The van der Waals surface area contributed by atoms with Crippen molar-refractivity contribution >= 4 is 5.91 Å². The smallest absolute Gasteiger partial charge is 0.219 e. The summed E-state index contributed by atoms with van der Waals surface area (Å²) >= 11 is 0. The number of benzene rings is 1. The predicted molar refractivity (Wildman–Crippen MR) is 62.7 cm³/mol. The van der Waals surface area contributed by atoms with Crippen LogP contribution in [0.3, 0.4) is 0 Å². The Balaban J connectivity index is 2.50. The van der Waals surface area contributed by atoms with Gasteiger partial charge in [0.2, 0.25) is 5.91 Å². The molecule has 1 aromatic carbocycles. The van der Waals surface area contributed by atoms with E-state index in [1.54, 1.807) is 0 Å². The van der Waals surface area contributed by atoms with Crippen LogP contribution >= 0.6 is 0 Å². The summed E-state index contributed by atoms with van der Waals surface area (Å²) in [4.78, 5) is 11.3. The van der Waals surface area contributed by atoms with E-state index >= 15 is 0 Å². The Morgan fingerprint density at radius 1 is 1.27 bits per heavy atom. The highest BCUT2D eigenvalue weighted by Crippen LogP contribution is 2.05. The molecule has 0 aliphatic rings. The molecule has 82 valence electrons. The molecule has 0 aromatic heterocycles. The van der Waals surface area contributed by atoms with E-state index in [9.17, 15) is 4.79 Å². The van der Waals surface area contributed by atoms with Gasteiger partial charge < -0.3 is 5.32 Å². The van der Waals surface area contributed by atoms with E-state index in [2.05, 4.69) is 24.4 Å². The van der Waals surface area contributed by atoms with Gasteiger partial charge in [-0.15, -0.1) is 0 Å². The summed E-state index contributed by atoms with van der Waals surface area (Å²) in [6.07, 6.45) is 2.45. The molecule has 0 aliphatic heterocycles. The molecule has 2 heteroatoms. The lowest BCUT2D eigenvalue weighted by Gasteiger charge is -2.16. The van der Waals surface area contributed by atoms with Gasteiger partial charge in [0.1, 0.15) is 0 Å². The van der Waals surface area contributed by atoms with Crippen molar-refractivity contribution in [3.05, 3.63) is 35.9 Å². The van der Waals surface area contributed by atoms with Crippen LogP contribution in [0.25, 0.3) is 0 Å². The molecule has 15 heavy (non-hydrogen) atoms. The van der Waals surface area contributed by atoms with Gasteiger partial charge in [0.25, 0.3) is 0 Å². The van der Waals surface area contributed by atoms with Gasteiger partial charge in [-0.05, 0) is 18.4 Å². The Morgan fingerprint density at radius 3 is 2.47 bits per heavy atom. The van der Waals surface area contributed by atoms with Gasteiger partial charge in [0, 0.05) is 12.5 Å². The molecule has 0 radical (unpaired) electrons. The molecule has 0 fully saturated rings. The summed E-state index contributed by atoms with van der Waals surface area (Å²) in [7, 11) is 0. The van der Waals surface area contributed by atoms with Crippen LogP contribution in [0.5, 0.6) is 0 Å². The van der Waals surface area contributed by atoms with Crippen LogP contribution in [0.2, 0.25) is 0 Å². The standard InChI is InChI=1S/C13H19NO/c1-3-12(14-13(15)4-2)10-11-8-6-5-7-9-11/h5-9,12H,3-4,10H2,1-2H3,(H,14,15). The average molecular weight is 205 g/mol. The van der Waals surface area contributed by atoms with E-state index in [0.29, 0.717) is 6.42 Å². The van der Waals surface area contributed by atoms with E-state index in [0.717, 1.165) is 12.8 Å². The van der Waals surface area contributed by atoms with Crippen molar-refractivity contribution in [3.8, 4) is 0 Å². The van der Waals surface area contributed by atoms with Gasteiger partial charge in [0.05, 0.1) is 0 Å². The molecule has 0 heterocycles. The Labute approximate surface area is 91.7 Å². The van der Waals surface area contributed by atoms with Crippen molar-refractivity contribution in [2.24, 2.45) is 0 Å². The highest BCUT2D eigenvalue weighted by molar-refractivity contribution is 5.75. The molecule has 2 nitrogen and oxygen atoms in total. The van der Waals surface area contributed by atoms with Crippen LogP contribution in [0.4, 0.5) is 0 Å². The van der Waals surface area contributed by atoms with Crippen LogP contribution in [-0.2, 0) is 11.2 Å². The highest BCUT2D eigenvalue weighted by atomic mass is 16.1. The number of hydrogen-bond acceptors (Lipinski definition) is 1.